The molecule has 0 spiro atoms. The Balaban J connectivity index is 3.11. The minimum atomic E-state index is -1.21. The molecular formula is C14H21NO9. The lowest BCUT2D eigenvalue weighted by Gasteiger charge is -2.43. The molecule has 1 unspecified atom stereocenters. The van der Waals surface area contributed by atoms with Crippen LogP contribution >= 0.6 is 0 Å². The molecule has 0 saturated carbocycles. The van der Waals surface area contributed by atoms with E-state index in [4.69, 9.17) is 29.4 Å². The Kier molecular flexibility index (Phi) is 7.11. The molecule has 1 aliphatic heterocycles. The van der Waals surface area contributed by atoms with Gasteiger partial charge in [0.2, 0.25) is 0 Å². The van der Waals surface area contributed by atoms with E-state index in [9.17, 15) is 19.2 Å². The van der Waals surface area contributed by atoms with Gasteiger partial charge in [0.25, 0.3) is 0 Å². The zero-order valence-electron chi connectivity index (χ0n) is 13.8. The van der Waals surface area contributed by atoms with Crippen LogP contribution in [0.25, 0.3) is 0 Å². The van der Waals surface area contributed by atoms with Crippen molar-refractivity contribution in [2.45, 2.75) is 58.3 Å². The van der Waals surface area contributed by atoms with Gasteiger partial charge in [-0.15, -0.1) is 0 Å². The summed E-state index contributed by atoms with van der Waals surface area (Å²) < 4.78 is 25.6. The summed E-state index contributed by atoms with van der Waals surface area (Å²) in [5, 5.41) is 0. The highest BCUT2D eigenvalue weighted by atomic mass is 16.7. The number of nitrogens with two attached hydrogens (primary N) is 1. The Morgan fingerprint density at radius 1 is 0.792 bits per heavy atom. The van der Waals surface area contributed by atoms with Gasteiger partial charge in [0.15, 0.2) is 18.3 Å². The number of hydrogen-bond acceptors (Lipinski definition) is 10. The second-order valence-corrected chi connectivity index (χ2v) is 5.16. The molecule has 0 aromatic rings. The van der Waals surface area contributed by atoms with Crippen LogP contribution in [0.1, 0.15) is 27.7 Å². The summed E-state index contributed by atoms with van der Waals surface area (Å²) in [7, 11) is 0. The molecule has 10 nitrogen and oxygen atoms in total. The molecule has 1 saturated heterocycles. The molecule has 1 heterocycles. The predicted molar refractivity (Wildman–Crippen MR) is 76.1 cm³/mol. The Labute approximate surface area is 138 Å². The summed E-state index contributed by atoms with van der Waals surface area (Å²) in [6.45, 7) is 4.32. The van der Waals surface area contributed by atoms with Crippen LogP contribution in [-0.2, 0) is 42.9 Å². The molecule has 10 heteroatoms. The van der Waals surface area contributed by atoms with Crippen LogP contribution in [-0.4, -0.2) is 61.1 Å². The molecule has 0 aromatic carbocycles. The summed E-state index contributed by atoms with van der Waals surface area (Å²) >= 11 is 0. The van der Waals surface area contributed by atoms with Gasteiger partial charge >= 0.3 is 23.9 Å². The number of hydrogen-bond donors (Lipinski definition) is 1. The molecule has 1 fully saturated rings. The van der Waals surface area contributed by atoms with Gasteiger partial charge in [-0.05, 0) is 0 Å². The van der Waals surface area contributed by atoms with Crippen molar-refractivity contribution in [1.82, 2.24) is 0 Å². The second-order valence-electron chi connectivity index (χ2n) is 5.16. The number of esters is 4. The maximum absolute atomic E-state index is 11.4. The average molecular weight is 347 g/mol. The Bertz CT molecular complexity index is 506. The van der Waals surface area contributed by atoms with Crippen LogP contribution < -0.4 is 5.73 Å². The molecule has 0 aromatic heterocycles. The summed E-state index contributed by atoms with van der Waals surface area (Å²) in [6, 6.07) is 0. The van der Waals surface area contributed by atoms with Crippen molar-refractivity contribution in [3.63, 3.8) is 0 Å². The summed E-state index contributed by atoms with van der Waals surface area (Å²) in [6.07, 6.45) is -5.74. The SMILES string of the molecule is CC(=O)OC[C@H]1OC(N)[C@H](OC(C)=O)[C@@H](OC(C)=O)[C@@H]1OC(C)=O. The third-order valence-corrected chi connectivity index (χ3v) is 3.03. The van der Waals surface area contributed by atoms with Crippen LogP contribution in [0.5, 0.6) is 0 Å². The van der Waals surface area contributed by atoms with Crippen molar-refractivity contribution in [1.29, 1.82) is 0 Å². The number of carbonyl (C=O) groups excluding carboxylic acids is 4. The summed E-state index contributed by atoms with van der Waals surface area (Å²) in [4.78, 5) is 45.0. The van der Waals surface area contributed by atoms with E-state index in [0.29, 0.717) is 0 Å². The third-order valence-electron chi connectivity index (χ3n) is 3.03. The van der Waals surface area contributed by atoms with Gasteiger partial charge in [-0.2, -0.15) is 0 Å². The van der Waals surface area contributed by atoms with Crippen LogP contribution in [0.4, 0.5) is 0 Å². The molecule has 0 amide bonds. The first-order valence-corrected chi connectivity index (χ1v) is 7.18. The fraction of sp³-hybridized carbons (Fsp3) is 0.714. The summed E-state index contributed by atoms with van der Waals surface area (Å²) in [5.41, 5.74) is 5.81. The number of rotatable bonds is 5. The number of carbonyl (C=O) groups is 4. The minimum Gasteiger partial charge on any atom is -0.463 e. The van der Waals surface area contributed by atoms with Crippen molar-refractivity contribution >= 4 is 23.9 Å². The quantitative estimate of drug-likeness (QED) is 0.487. The first kappa shape index (κ1) is 19.8. The zero-order valence-corrected chi connectivity index (χ0v) is 13.8. The highest BCUT2D eigenvalue weighted by Crippen LogP contribution is 2.27. The maximum Gasteiger partial charge on any atom is 0.303 e. The van der Waals surface area contributed by atoms with Crippen LogP contribution in [0.3, 0.4) is 0 Å². The van der Waals surface area contributed by atoms with E-state index in [1.807, 2.05) is 0 Å². The smallest absolute Gasteiger partial charge is 0.303 e. The van der Waals surface area contributed by atoms with Crippen LogP contribution in [0, 0.1) is 0 Å². The number of ether oxygens (including phenoxy) is 5. The Morgan fingerprint density at radius 3 is 1.71 bits per heavy atom. The van der Waals surface area contributed by atoms with Crippen molar-refractivity contribution in [2.75, 3.05) is 6.61 Å². The first-order valence-electron chi connectivity index (χ1n) is 7.18. The van der Waals surface area contributed by atoms with Crippen molar-refractivity contribution < 1.29 is 42.9 Å². The van der Waals surface area contributed by atoms with E-state index in [2.05, 4.69) is 0 Å². The lowest BCUT2D eigenvalue weighted by atomic mass is 9.97. The van der Waals surface area contributed by atoms with E-state index in [1.54, 1.807) is 0 Å². The molecule has 2 N–H and O–H groups in total. The van der Waals surface area contributed by atoms with E-state index in [0.717, 1.165) is 20.8 Å². The lowest BCUT2D eigenvalue weighted by molar-refractivity contribution is -0.251. The fourth-order valence-electron chi connectivity index (χ4n) is 2.26. The van der Waals surface area contributed by atoms with Crippen molar-refractivity contribution in [3.05, 3.63) is 0 Å². The zero-order chi connectivity index (χ0) is 18.4. The molecule has 5 atom stereocenters. The highest BCUT2D eigenvalue weighted by molar-refractivity contribution is 5.68. The average Bonchev–Trinajstić information content (AvgIpc) is 2.42. The van der Waals surface area contributed by atoms with E-state index >= 15 is 0 Å². The topological polar surface area (TPSA) is 140 Å². The standard InChI is InChI=1S/C14H21NO9/c1-6(16)20-5-10-11(21-7(2)17)12(22-8(3)18)13(14(15)24-10)23-9(4)19/h10-14H,5,15H2,1-4H3/t10-,11-,12+,13-,14?/m1/s1. The molecule has 0 radical (unpaired) electrons. The van der Waals surface area contributed by atoms with Gasteiger partial charge in [0, 0.05) is 27.7 Å². The third kappa shape index (κ3) is 5.78. The summed E-state index contributed by atoms with van der Waals surface area (Å²) in [5.74, 6) is -2.66. The van der Waals surface area contributed by atoms with Gasteiger partial charge in [0.05, 0.1) is 0 Å². The van der Waals surface area contributed by atoms with Crippen LogP contribution in [0.2, 0.25) is 0 Å². The van der Waals surface area contributed by atoms with E-state index in [-0.39, 0.29) is 6.61 Å². The predicted octanol–water partition coefficient (Wildman–Crippen LogP) is -0.972. The molecule has 136 valence electrons. The van der Waals surface area contributed by atoms with Gasteiger partial charge in [-0.3, -0.25) is 19.2 Å². The minimum absolute atomic E-state index is 0.286. The molecule has 1 rings (SSSR count). The fourth-order valence-corrected chi connectivity index (χ4v) is 2.26. The molecular weight excluding hydrogens is 326 g/mol. The second kappa shape index (κ2) is 8.60. The highest BCUT2D eigenvalue weighted by Gasteiger charge is 2.51. The molecule has 0 aliphatic carbocycles. The largest absolute Gasteiger partial charge is 0.463 e. The molecule has 0 bridgehead atoms. The monoisotopic (exact) mass is 347 g/mol. The van der Waals surface area contributed by atoms with Crippen LogP contribution in [0.15, 0.2) is 0 Å². The van der Waals surface area contributed by atoms with Gasteiger partial charge in [-0.25, -0.2) is 0 Å². The van der Waals surface area contributed by atoms with Gasteiger partial charge in [-0.1, -0.05) is 0 Å². The van der Waals surface area contributed by atoms with Gasteiger partial charge < -0.3 is 29.4 Å². The Hall–Kier alpha value is -2.20. The normalized spacial score (nSPS) is 29.3. The molecule has 1 aliphatic rings. The van der Waals surface area contributed by atoms with Crippen molar-refractivity contribution in [2.24, 2.45) is 5.73 Å². The van der Waals surface area contributed by atoms with Gasteiger partial charge in [0.1, 0.15) is 18.9 Å². The van der Waals surface area contributed by atoms with Crippen molar-refractivity contribution in [3.8, 4) is 0 Å². The molecule has 24 heavy (non-hydrogen) atoms. The lowest BCUT2D eigenvalue weighted by Crippen LogP contribution is -2.64. The maximum atomic E-state index is 11.4. The first-order chi connectivity index (χ1) is 11.1. The van der Waals surface area contributed by atoms with E-state index < -0.39 is 54.5 Å². The van der Waals surface area contributed by atoms with E-state index in [1.165, 1.54) is 6.92 Å². The Morgan fingerprint density at radius 2 is 1.25 bits per heavy atom.